The van der Waals surface area contributed by atoms with Gasteiger partial charge in [0.2, 0.25) is 0 Å². The van der Waals surface area contributed by atoms with Gasteiger partial charge in [0.25, 0.3) is 0 Å². The van der Waals surface area contributed by atoms with Crippen molar-refractivity contribution < 1.29 is 8.83 Å². The molecule has 52 heavy (non-hydrogen) atoms. The predicted molar refractivity (Wildman–Crippen MR) is 211 cm³/mol. The van der Waals surface area contributed by atoms with Crippen molar-refractivity contribution in [2.24, 2.45) is 0 Å². The Morgan fingerprint density at radius 3 is 1.44 bits per heavy atom. The van der Waals surface area contributed by atoms with Crippen molar-refractivity contribution in [3.63, 3.8) is 0 Å². The maximum Gasteiger partial charge on any atom is 0.164 e. The van der Waals surface area contributed by atoms with Crippen molar-refractivity contribution in [1.82, 2.24) is 15.0 Å². The fraction of sp³-hybridized carbons (Fsp3) is 0. The van der Waals surface area contributed by atoms with Gasteiger partial charge in [-0.15, -0.1) is 0 Å². The number of para-hydroxylation sites is 2. The molecule has 3 aromatic heterocycles. The maximum absolute atomic E-state index is 6.59. The number of hydrogen-bond donors (Lipinski definition) is 0. The summed E-state index contributed by atoms with van der Waals surface area (Å²) in [6, 6.07) is 56.3. The Hall–Kier alpha value is -7.11. The van der Waals surface area contributed by atoms with Crippen molar-refractivity contribution in [3.8, 4) is 45.3 Å². The summed E-state index contributed by atoms with van der Waals surface area (Å²) in [6.07, 6.45) is 0. The minimum atomic E-state index is 0.573. The molecule has 3 heterocycles. The monoisotopic (exact) mass is 665 g/mol. The second-order valence-electron chi connectivity index (χ2n) is 13.2. The number of rotatable bonds is 4. The van der Waals surface area contributed by atoms with Crippen LogP contribution < -0.4 is 0 Å². The Morgan fingerprint density at radius 2 is 0.808 bits per heavy atom. The van der Waals surface area contributed by atoms with Crippen LogP contribution in [0.15, 0.2) is 173 Å². The van der Waals surface area contributed by atoms with Crippen molar-refractivity contribution in [2.75, 3.05) is 0 Å². The van der Waals surface area contributed by atoms with Crippen LogP contribution in [-0.4, -0.2) is 15.0 Å². The van der Waals surface area contributed by atoms with Gasteiger partial charge in [0, 0.05) is 38.2 Å². The summed E-state index contributed by atoms with van der Waals surface area (Å²) in [5.41, 5.74) is 8.00. The first-order valence-electron chi connectivity index (χ1n) is 17.3. The van der Waals surface area contributed by atoms with Crippen LogP contribution in [0.2, 0.25) is 0 Å². The lowest BCUT2D eigenvalue weighted by Crippen LogP contribution is -2.01. The molecule has 0 aliphatic heterocycles. The first-order chi connectivity index (χ1) is 25.7. The Morgan fingerprint density at radius 1 is 0.308 bits per heavy atom. The molecule has 0 radical (unpaired) electrons. The summed E-state index contributed by atoms with van der Waals surface area (Å²) in [4.78, 5) is 15.7. The van der Waals surface area contributed by atoms with Gasteiger partial charge in [-0.3, -0.25) is 0 Å². The molecule has 0 aliphatic rings. The second-order valence-corrected chi connectivity index (χ2v) is 13.2. The van der Waals surface area contributed by atoms with E-state index in [1.54, 1.807) is 0 Å². The molecular weight excluding hydrogens is 639 g/mol. The van der Waals surface area contributed by atoms with E-state index in [4.69, 9.17) is 23.8 Å². The summed E-state index contributed by atoms with van der Waals surface area (Å²) in [7, 11) is 0. The minimum Gasteiger partial charge on any atom is -0.456 e. The molecule has 0 unspecified atom stereocenters. The number of fused-ring (bicyclic) bond motifs is 8. The second kappa shape index (κ2) is 11.2. The van der Waals surface area contributed by atoms with Gasteiger partial charge in [0.1, 0.15) is 22.3 Å². The van der Waals surface area contributed by atoms with Gasteiger partial charge in [-0.1, -0.05) is 121 Å². The number of hydrogen-bond acceptors (Lipinski definition) is 5. The van der Waals surface area contributed by atoms with E-state index in [-0.39, 0.29) is 0 Å². The molecule has 0 amide bonds. The van der Waals surface area contributed by atoms with Crippen LogP contribution >= 0.6 is 0 Å². The highest BCUT2D eigenvalue weighted by Crippen LogP contribution is 2.43. The molecule has 0 aliphatic carbocycles. The average molecular weight is 666 g/mol. The quantitative estimate of drug-likeness (QED) is 0.187. The largest absolute Gasteiger partial charge is 0.456 e. The highest BCUT2D eigenvalue weighted by atomic mass is 16.3. The highest BCUT2D eigenvalue weighted by molar-refractivity contribution is 6.16. The zero-order valence-corrected chi connectivity index (χ0v) is 27.7. The fourth-order valence-corrected chi connectivity index (χ4v) is 7.61. The molecule has 0 saturated carbocycles. The smallest absolute Gasteiger partial charge is 0.164 e. The zero-order valence-electron chi connectivity index (χ0n) is 27.7. The number of benzene rings is 8. The van der Waals surface area contributed by atoms with Crippen LogP contribution in [0.4, 0.5) is 0 Å². The molecule has 11 rings (SSSR count). The Labute approximate surface area is 297 Å². The number of aromatic nitrogens is 3. The first-order valence-corrected chi connectivity index (χ1v) is 17.3. The third-order valence-electron chi connectivity index (χ3n) is 10.1. The van der Waals surface area contributed by atoms with E-state index in [2.05, 4.69) is 121 Å². The lowest BCUT2D eigenvalue weighted by Gasteiger charge is -2.12. The molecule has 0 atom stereocenters. The van der Waals surface area contributed by atoms with Crippen molar-refractivity contribution in [2.45, 2.75) is 0 Å². The Kier molecular flexibility index (Phi) is 6.18. The zero-order chi connectivity index (χ0) is 34.2. The molecule has 11 aromatic rings. The summed E-state index contributed by atoms with van der Waals surface area (Å²) in [6.45, 7) is 0. The topological polar surface area (TPSA) is 65.0 Å². The van der Waals surface area contributed by atoms with E-state index in [0.29, 0.717) is 17.5 Å². The molecule has 242 valence electrons. The number of nitrogens with zero attached hydrogens (tertiary/aromatic N) is 3. The molecule has 5 heteroatoms. The van der Waals surface area contributed by atoms with Crippen LogP contribution in [0.25, 0.3) is 111 Å². The molecule has 8 aromatic carbocycles. The van der Waals surface area contributed by atoms with Crippen molar-refractivity contribution in [3.05, 3.63) is 164 Å². The van der Waals surface area contributed by atoms with Crippen LogP contribution in [0, 0.1) is 0 Å². The number of furan rings is 2. The van der Waals surface area contributed by atoms with Gasteiger partial charge in [0.05, 0.1) is 0 Å². The van der Waals surface area contributed by atoms with Crippen LogP contribution in [0.5, 0.6) is 0 Å². The predicted octanol–water partition coefficient (Wildman–Crippen LogP) is 12.6. The maximum atomic E-state index is 6.59. The van der Waals surface area contributed by atoms with Gasteiger partial charge in [-0.25, -0.2) is 15.0 Å². The fourth-order valence-electron chi connectivity index (χ4n) is 7.61. The van der Waals surface area contributed by atoms with Gasteiger partial charge < -0.3 is 8.83 Å². The van der Waals surface area contributed by atoms with E-state index in [9.17, 15) is 0 Å². The van der Waals surface area contributed by atoms with Gasteiger partial charge in [-0.05, 0) is 75.1 Å². The molecule has 0 spiro atoms. The SMILES string of the molecule is c1ccc2cc(-c3nc(-c4ccc5ccccc5c4)nc(-c4cc(-c5cccc6oc7ccccc7c56)cc5oc6ccccc6c45)n3)ccc2c1. The Bertz CT molecular complexity index is 3110. The first kappa shape index (κ1) is 28.7. The van der Waals surface area contributed by atoms with E-state index >= 15 is 0 Å². The summed E-state index contributed by atoms with van der Waals surface area (Å²) in [5, 5.41) is 8.67. The molecular formula is C47H27N3O2. The van der Waals surface area contributed by atoms with Gasteiger partial charge in [0.15, 0.2) is 17.5 Å². The van der Waals surface area contributed by atoms with Crippen LogP contribution in [0.1, 0.15) is 0 Å². The molecule has 0 saturated heterocycles. The summed E-state index contributed by atoms with van der Waals surface area (Å²) < 4.78 is 12.9. The molecule has 0 fully saturated rings. The van der Waals surface area contributed by atoms with E-state index in [1.807, 2.05) is 42.5 Å². The molecule has 5 nitrogen and oxygen atoms in total. The van der Waals surface area contributed by atoms with Crippen molar-refractivity contribution >= 4 is 65.4 Å². The van der Waals surface area contributed by atoms with Crippen LogP contribution in [0.3, 0.4) is 0 Å². The van der Waals surface area contributed by atoms with E-state index in [1.165, 1.54) is 0 Å². The lowest BCUT2D eigenvalue weighted by molar-refractivity contribution is 0.668. The third-order valence-corrected chi connectivity index (χ3v) is 10.1. The van der Waals surface area contributed by atoms with Crippen LogP contribution in [-0.2, 0) is 0 Å². The van der Waals surface area contributed by atoms with E-state index in [0.717, 1.165) is 93.2 Å². The van der Waals surface area contributed by atoms with E-state index < -0.39 is 0 Å². The average Bonchev–Trinajstić information content (AvgIpc) is 3.78. The molecule has 0 N–H and O–H groups in total. The van der Waals surface area contributed by atoms with Crippen molar-refractivity contribution in [1.29, 1.82) is 0 Å². The minimum absolute atomic E-state index is 0.573. The Balaban J connectivity index is 1.22. The standard InChI is InChI=1S/C47H27N3O2/c1-3-12-30-24-32(22-20-28(30)10-1)45-48-46(33-23-21-29-11-2-4-13-31(29)25-33)50-47(49-45)38-26-34(27-42-44(38)37-15-6-8-18-40(37)52-42)35-16-9-19-41-43(35)36-14-5-7-17-39(36)51-41/h1-27H. The van der Waals surface area contributed by atoms with Gasteiger partial charge >= 0.3 is 0 Å². The highest BCUT2D eigenvalue weighted by Gasteiger charge is 2.21. The lowest BCUT2D eigenvalue weighted by atomic mass is 9.95. The normalized spacial score (nSPS) is 11.8. The molecule has 0 bridgehead atoms. The summed E-state index contributed by atoms with van der Waals surface area (Å²) >= 11 is 0. The third kappa shape index (κ3) is 4.53. The van der Waals surface area contributed by atoms with Gasteiger partial charge in [-0.2, -0.15) is 0 Å². The summed E-state index contributed by atoms with van der Waals surface area (Å²) in [5.74, 6) is 1.78.